The van der Waals surface area contributed by atoms with Crippen molar-refractivity contribution in [2.24, 2.45) is 11.8 Å². The Balaban J connectivity index is 1.18. The van der Waals surface area contributed by atoms with Crippen LogP contribution in [0.4, 0.5) is 0 Å². The predicted octanol–water partition coefficient (Wildman–Crippen LogP) is 8.78. The Morgan fingerprint density at radius 2 is 1.62 bits per heavy atom. The fraction of sp³-hybridized carbons (Fsp3) is 0.459. The summed E-state index contributed by atoms with van der Waals surface area (Å²) in [5.74, 6) is 1.69. The van der Waals surface area contributed by atoms with Crippen molar-refractivity contribution in [3.8, 4) is 0 Å². The Kier molecular flexibility index (Phi) is 7.22. The van der Waals surface area contributed by atoms with Crippen molar-refractivity contribution in [2.75, 3.05) is 0 Å². The van der Waals surface area contributed by atoms with E-state index in [-0.39, 0.29) is 0 Å². The summed E-state index contributed by atoms with van der Waals surface area (Å²) in [5, 5.41) is 7.33. The van der Waals surface area contributed by atoms with E-state index in [9.17, 15) is 0 Å². The van der Waals surface area contributed by atoms with Gasteiger partial charge in [0.25, 0.3) is 0 Å². The van der Waals surface area contributed by atoms with Gasteiger partial charge in [0.15, 0.2) is 0 Å². The topological polar surface area (TPSA) is 24.1 Å². The second kappa shape index (κ2) is 11.0. The van der Waals surface area contributed by atoms with Crippen LogP contribution in [0.1, 0.15) is 91.7 Å². The molecule has 2 aromatic rings. The van der Waals surface area contributed by atoms with E-state index < -0.39 is 0 Å². The molecule has 2 nitrogen and oxygen atoms in total. The van der Waals surface area contributed by atoms with Crippen molar-refractivity contribution >= 4 is 17.4 Å². The zero-order valence-electron chi connectivity index (χ0n) is 24.4. The summed E-state index contributed by atoms with van der Waals surface area (Å²) >= 11 is 2.09. The van der Waals surface area contributed by atoms with Gasteiger partial charge in [0.1, 0.15) is 0 Å². The quantitative estimate of drug-likeness (QED) is 0.373. The average molecular weight is 549 g/mol. The first kappa shape index (κ1) is 26.3. The van der Waals surface area contributed by atoms with E-state index in [2.05, 4.69) is 103 Å². The van der Waals surface area contributed by atoms with Crippen molar-refractivity contribution in [1.29, 1.82) is 0 Å². The van der Waals surface area contributed by atoms with Crippen LogP contribution in [0.3, 0.4) is 0 Å². The molecule has 0 radical (unpaired) electrons. The van der Waals surface area contributed by atoms with Gasteiger partial charge in [-0.1, -0.05) is 65.8 Å². The molecule has 1 aromatic heterocycles. The molecule has 0 amide bonds. The fourth-order valence-electron chi connectivity index (χ4n) is 8.01. The Bertz CT molecular complexity index is 1430. The molecule has 5 unspecified atom stereocenters. The molecule has 1 aromatic carbocycles. The molecule has 0 fully saturated rings. The summed E-state index contributed by atoms with van der Waals surface area (Å²) in [6, 6.07) is 11.7. The highest BCUT2D eigenvalue weighted by atomic mass is 32.1. The van der Waals surface area contributed by atoms with E-state index in [0.717, 1.165) is 6.42 Å². The minimum absolute atomic E-state index is 0.313. The van der Waals surface area contributed by atoms with Crippen molar-refractivity contribution in [3.63, 3.8) is 0 Å². The number of rotatable bonds is 4. The Morgan fingerprint density at radius 1 is 0.825 bits per heavy atom. The molecular weight excluding hydrogens is 504 g/mol. The van der Waals surface area contributed by atoms with E-state index in [4.69, 9.17) is 0 Å². The number of hydrogen-bond acceptors (Lipinski definition) is 3. The van der Waals surface area contributed by atoms with E-state index in [1.54, 1.807) is 37.6 Å². The van der Waals surface area contributed by atoms with Crippen molar-refractivity contribution in [1.82, 2.24) is 10.6 Å². The third kappa shape index (κ3) is 5.01. The van der Waals surface area contributed by atoms with Crippen LogP contribution in [0.5, 0.6) is 0 Å². The maximum absolute atomic E-state index is 3.78. The van der Waals surface area contributed by atoms with Crippen LogP contribution in [-0.4, -0.2) is 12.2 Å². The molecule has 5 aliphatic rings. The van der Waals surface area contributed by atoms with Gasteiger partial charge >= 0.3 is 0 Å². The monoisotopic (exact) mass is 548 g/mol. The van der Waals surface area contributed by atoms with Gasteiger partial charge in [-0.25, -0.2) is 0 Å². The van der Waals surface area contributed by atoms with E-state index in [1.807, 2.05) is 0 Å². The van der Waals surface area contributed by atoms with Crippen LogP contribution < -0.4 is 10.6 Å². The molecule has 0 saturated heterocycles. The minimum atomic E-state index is 0.313. The third-order valence-electron chi connectivity index (χ3n) is 10.3. The number of benzene rings is 1. The smallest absolute Gasteiger partial charge is 0.0743 e. The lowest BCUT2D eigenvalue weighted by atomic mass is 9.70. The van der Waals surface area contributed by atoms with Crippen molar-refractivity contribution < 1.29 is 0 Å². The van der Waals surface area contributed by atoms with E-state index in [0.29, 0.717) is 30.0 Å². The summed E-state index contributed by atoms with van der Waals surface area (Å²) in [6.07, 6.45) is 24.3. The Labute approximate surface area is 245 Å². The number of aryl methyl sites for hydroxylation is 1. The summed E-state index contributed by atoms with van der Waals surface area (Å²) in [4.78, 5) is 3.25. The molecule has 208 valence electrons. The normalized spacial score (nSPS) is 30.1. The first-order valence-electron chi connectivity index (χ1n) is 15.7. The molecule has 2 heterocycles. The second-order valence-corrected chi connectivity index (χ2v) is 14.0. The predicted molar refractivity (Wildman–Crippen MR) is 170 cm³/mol. The molecular formula is C37H44N2S. The van der Waals surface area contributed by atoms with Crippen LogP contribution in [0.15, 0.2) is 82.6 Å². The summed E-state index contributed by atoms with van der Waals surface area (Å²) < 4.78 is 0. The molecule has 4 aliphatic carbocycles. The second-order valence-electron chi connectivity index (χ2n) is 12.9. The first-order chi connectivity index (χ1) is 19.5. The van der Waals surface area contributed by atoms with Gasteiger partial charge < -0.3 is 5.32 Å². The van der Waals surface area contributed by atoms with Gasteiger partial charge in [0, 0.05) is 21.4 Å². The molecule has 0 bridgehead atoms. The van der Waals surface area contributed by atoms with Crippen LogP contribution in [-0.2, 0) is 19.3 Å². The molecule has 0 saturated carbocycles. The fourth-order valence-corrected chi connectivity index (χ4v) is 9.35. The lowest BCUT2D eigenvalue weighted by Crippen LogP contribution is -2.51. The SMILES string of the molecule is CC1=C(C)C(C2=CC=C(C3C=C(C4C=Cc5sc6c(c5C4)CCCC6)CC(c4ccccc4)C3)CC2)NC(C)N1. The molecule has 7 rings (SSSR count). The van der Waals surface area contributed by atoms with Gasteiger partial charge in [-0.3, -0.25) is 5.32 Å². The van der Waals surface area contributed by atoms with Gasteiger partial charge in [0.2, 0.25) is 0 Å². The number of nitrogens with one attached hydrogen (secondary N) is 2. The molecule has 2 N–H and O–H groups in total. The number of hydrogen-bond donors (Lipinski definition) is 2. The van der Waals surface area contributed by atoms with Gasteiger partial charge in [0.05, 0.1) is 12.2 Å². The van der Waals surface area contributed by atoms with E-state index >= 15 is 0 Å². The molecule has 5 atom stereocenters. The number of fused-ring (bicyclic) bond motifs is 3. The lowest BCUT2D eigenvalue weighted by Gasteiger charge is -2.37. The van der Waals surface area contributed by atoms with Crippen LogP contribution >= 0.6 is 11.3 Å². The molecule has 1 aliphatic heterocycles. The third-order valence-corrected chi connectivity index (χ3v) is 11.6. The maximum atomic E-state index is 3.78. The van der Waals surface area contributed by atoms with Crippen LogP contribution in [0, 0.1) is 11.8 Å². The highest BCUT2D eigenvalue weighted by Crippen LogP contribution is 2.46. The first-order valence-corrected chi connectivity index (χ1v) is 16.5. The van der Waals surface area contributed by atoms with E-state index in [1.165, 1.54) is 68.2 Å². The number of allylic oxidation sites excluding steroid dienone is 7. The largest absolute Gasteiger partial charge is 0.374 e. The van der Waals surface area contributed by atoms with Gasteiger partial charge in [-0.15, -0.1) is 11.3 Å². The van der Waals surface area contributed by atoms with Crippen LogP contribution in [0.2, 0.25) is 0 Å². The summed E-state index contributed by atoms with van der Waals surface area (Å²) in [7, 11) is 0. The summed E-state index contributed by atoms with van der Waals surface area (Å²) in [5.41, 5.74) is 12.6. The van der Waals surface area contributed by atoms with Gasteiger partial charge in [-0.2, -0.15) is 0 Å². The zero-order valence-corrected chi connectivity index (χ0v) is 25.2. The highest BCUT2D eigenvalue weighted by Gasteiger charge is 2.33. The maximum Gasteiger partial charge on any atom is 0.0743 e. The number of thiophene rings is 1. The summed E-state index contributed by atoms with van der Waals surface area (Å²) in [6.45, 7) is 6.72. The molecule has 0 spiro atoms. The van der Waals surface area contributed by atoms with Crippen LogP contribution in [0.25, 0.3) is 6.08 Å². The lowest BCUT2D eigenvalue weighted by molar-refractivity contribution is 0.424. The molecule has 3 heteroatoms. The standard InChI is InChI=1S/C37H44N2S/c1-23-24(2)38-25(3)39-37(23)28-15-13-27(14-16-28)31-19-30(26-9-5-4-6-10-26)20-32(21-31)29-17-18-36-34(22-29)33-11-7-8-12-35(33)40-36/h4-6,9-10,13,15,17-18,21,25,29-31,37-39H,7-8,11-12,14,16,19-20,22H2,1-3H3. The van der Waals surface area contributed by atoms with Crippen molar-refractivity contribution in [2.45, 2.75) is 96.7 Å². The van der Waals surface area contributed by atoms with Gasteiger partial charge in [-0.05, 0) is 124 Å². The molecule has 40 heavy (non-hydrogen) atoms. The highest BCUT2D eigenvalue weighted by molar-refractivity contribution is 7.13. The Hall–Kier alpha value is -2.62. The zero-order chi connectivity index (χ0) is 27.2. The average Bonchev–Trinajstić information content (AvgIpc) is 3.37. The van der Waals surface area contributed by atoms with Crippen molar-refractivity contribution in [3.05, 3.63) is 109 Å². The Morgan fingerprint density at radius 3 is 2.45 bits per heavy atom. The minimum Gasteiger partial charge on any atom is -0.374 e.